The molecule has 0 atom stereocenters. The van der Waals surface area contributed by atoms with Gasteiger partial charge in [0, 0.05) is 0 Å². The minimum Gasteiger partial charge on any atom is -0.507 e. The molecule has 1 aromatic heterocycles. The molecule has 0 amide bonds. The molecular weight excluding hydrogens is 354 g/mol. The topological polar surface area (TPSA) is 99.0 Å². The monoisotopic (exact) mass is 373 g/mol. The Balaban J connectivity index is 1.54. The van der Waals surface area contributed by atoms with Gasteiger partial charge in [-0.3, -0.25) is 4.79 Å². The Hall–Kier alpha value is -3.59. The van der Waals surface area contributed by atoms with E-state index in [4.69, 9.17) is 4.74 Å². The van der Waals surface area contributed by atoms with Gasteiger partial charge in [0.05, 0.1) is 16.4 Å². The van der Waals surface area contributed by atoms with Crippen LogP contribution in [0.2, 0.25) is 0 Å². The number of aliphatic hydroxyl groups is 1. The normalized spacial score (nSPS) is 16.0. The second kappa shape index (κ2) is 7.20. The largest absolute Gasteiger partial charge is 0.507 e. The van der Waals surface area contributed by atoms with Crippen molar-refractivity contribution >= 4 is 22.6 Å². The van der Waals surface area contributed by atoms with Gasteiger partial charge in [-0.1, -0.05) is 48.9 Å². The Morgan fingerprint density at radius 1 is 1.18 bits per heavy atom. The number of carbonyl (C=O) groups excluding carboxylic acids is 1. The van der Waals surface area contributed by atoms with Crippen LogP contribution >= 0.6 is 0 Å². The van der Waals surface area contributed by atoms with Crippen molar-refractivity contribution in [3.8, 4) is 6.07 Å². The molecule has 1 aliphatic carbocycles. The van der Waals surface area contributed by atoms with Crippen LogP contribution in [0.15, 0.2) is 60.4 Å². The van der Waals surface area contributed by atoms with Crippen LogP contribution in [0.4, 0.5) is 0 Å². The van der Waals surface area contributed by atoms with Gasteiger partial charge >= 0.3 is 5.97 Å². The number of aliphatic hydroxyl groups excluding tert-OH is 1. The number of H-pyrrole nitrogens is 1. The van der Waals surface area contributed by atoms with Crippen LogP contribution in [-0.4, -0.2) is 27.7 Å². The van der Waals surface area contributed by atoms with Crippen molar-refractivity contribution in [3.05, 3.63) is 71.7 Å². The maximum Gasteiger partial charge on any atom is 0.317 e. The maximum absolute atomic E-state index is 12.8. The van der Waals surface area contributed by atoms with E-state index >= 15 is 0 Å². The van der Waals surface area contributed by atoms with Gasteiger partial charge < -0.3 is 14.8 Å². The number of ether oxygens (including phenoxy) is 1. The summed E-state index contributed by atoms with van der Waals surface area (Å²) in [5, 5.41) is 19.9. The van der Waals surface area contributed by atoms with Crippen molar-refractivity contribution in [1.29, 1.82) is 5.26 Å². The molecule has 1 saturated carbocycles. The number of fused-ring (bicyclic) bond motifs is 1. The predicted octanol–water partition coefficient (Wildman–Crippen LogP) is 4.02. The molecule has 0 radical (unpaired) electrons. The van der Waals surface area contributed by atoms with Crippen molar-refractivity contribution < 1.29 is 14.6 Å². The first-order valence-electron chi connectivity index (χ1n) is 9.14. The summed E-state index contributed by atoms with van der Waals surface area (Å²) < 4.78 is 5.40. The zero-order valence-corrected chi connectivity index (χ0v) is 15.2. The summed E-state index contributed by atoms with van der Waals surface area (Å²) in [5.41, 5.74) is 1.67. The number of rotatable bonds is 5. The fourth-order valence-corrected chi connectivity index (χ4v) is 3.57. The van der Waals surface area contributed by atoms with Crippen LogP contribution in [0, 0.1) is 11.3 Å². The van der Waals surface area contributed by atoms with E-state index < -0.39 is 5.41 Å². The lowest BCUT2D eigenvalue weighted by Gasteiger charge is -2.39. The van der Waals surface area contributed by atoms with Crippen molar-refractivity contribution in [1.82, 2.24) is 9.97 Å². The van der Waals surface area contributed by atoms with E-state index in [-0.39, 0.29) is 29.7 Å². The summed E-state index contributed by atoms with van der Waals surface area (Å²) in [6.45, 7) is -0.368. The van der Waals surface area contributed by atoms with Gasteiger partial charge in [0.15, 0.2) is 11.6 Å². The maximum atomic E-state index is 12.8. The number of hydrogen-bond acceptors (Lipinski definition) is 5. The number of benzene rings is 2. The summed E-state index contributed by atoms with van der Waals surface area (Å²) in [4.78, 5) is 20.1. The highest BCUT2D eigenvalue weighted by atomic mass is 16.5. The number of aromatic amines is 1. The van der Waals surface area contributed by atoms with Gasteiger partial charge in [-0.15, -0.1) is 0 Å². The number of nitrogens with one attached hydrogen (secondary N) is 1. The fraction of sp³-hybridized carbons (Fsp3) is 0.227. The summed E-state index contributed by atoms with van der Waals surface area (Å²) in [5.74, 6) is -0.450. The highest BCUT2D eigenvalue weighted by Crippen LogP contribution is 2.44. The number of nitrogens with zero attached hydrogens (tertiary/aromatic N) is 2. The molecule has 0 bridgehead atoms. The average molecular weight is 373 g/mol. The highest BCUT2D eigenvalue weighted by molar-refractivity contribution is 5.85. The van der Waals surface area contributed by atoms with Crippen LogP contribution in [0.5, 0.6) is 0 Å². The number of para-hydroxylation sites is 2. The van der Waals surface area contributed by atoms with E-state index in [2.05, 4.69) is 9.97 Å². The van der Waals surface area contributed by atoms with Crippen LogP contribution in [0.25, 0.3) is 16.6 Å². The number of hydrogen-bond donors (Lipinski definition) is 2. The number of carbonyl (C=O) groups is 1. The van der Waals surface area contributed by atoms with E-state index in [1.54, 1.807) is 0 Å². The van der Waals surface area contributed by atoms with Gasteiger partial charge in [0.1, 0.15) is 18.2 Å². The van der Waals surface area contributed by atoms with Gasteiger partial charge in [0.25, 0.3) is 0 Å². The third-order valence-corrected chi connectivity index (χ3v) is 5.29. The molecule has 2 N–H and O–H groups in total. The molecule has 1 fully saturated rings. The van der Waals surface area contributed by atoms with Gasteiger partial charge in [-0.05, 0) is 30.5 Å². The highest BCUT2D eigenvalue weighted by Gasteiger charge is 2.47. The first-order chi connectivity index (χ1) is 13.6. The van der Waals surface area contributed by atoms with Gasteiger partial charge in [-0.2, -0.15) is 5.26 Å². The lowest BCUT2D eigenvalue weighted by atomic mass is 9.64. The zero-order chi connectivity index (χ0) is 19.6. The van der Waals surface area contributed by atoms with Crippen LogP contribution in [-0.2, 0) is 14.9 Å². The van der Waals surface area contributed by atoms with Crippen molar-refractivity contribution in [2.45, 2.75) is 24.7 Å². The Morgan fingerprint density at radius 3 is 2.54 bits per heavy atom. The molecule has 0 aliphatic heterocycles. The average Bonchev–Trinajstić information content (AvgIpc) is 3.10. The molecule has 0 saturated heterocycles. The molecule has 6 nitrogen and oxygen atoms in total. The second-order valence-electron chi connectivity index (χ2n) is 6.91. The van der Waals surface area contributed by atoms with Gasteiger partial charge in [-0.25, -0.2) is 4.98 Å². The Kier molecular flexibility index (Phi) is 4.58. The number of imidazole rings is 1. The molecular formula is C22H19N3O3. The Labute approximate surface area is 162 Å². The number of nitriles is 1. The second-order valence-corrected chi connectivity index (χ2v) is 6.91. The quantitative estimate of drug-likeness (QED) is 0.400. The predicted molar refractivity (Wildman–Crippen MR) is 104 cm³/mol. The van der Waals surface area contributed by atoms with Crippen LogP contribution in [0.3, 0.4) is 0 Å². The van der Waals surface area contributed by atoms with Crippen LogP contribution < -0.4 is 0 Å². The zero-order valence-electron chi connectivity index (χ0n) is 15.2. The van der Waals surface area contributed by atoms with Crippen molar-refractivity contribution in [2.24, 2.45) is 0 Å². The lowest BCUT2D eigenvalue weighted by Crippen LogP contribution is -2.43. The van der Waals surface area contributed by atoms with E-state index in [1.807, 2.05) is 60.7 Å². The van der Waals surface area contributed by atoms with E-state index in [1.165, 1.54) is 0 Å². The Bertz CT molecular complexity index is 1060. The smallest absolute Gasteiger partial charge is 0.317 e. The minimum atomic E-state index is -0.659. The SMILES string of the molecule is N#C/C(=C(\O)COC(=O)C1(c2ccccc2)CCC1)c1nc2ccccc2[nH]1. The molecule has 0 unspecified atom stereocenters. The van der Waals surface area contributed by atoms with E-state index in [9.17, 15) is 15.2 Å². The first kappa shape index (κ1) is 17.8. The van der Waals surface area contributed by atoms with Crippen molar-refractivity contribution in [2.75, 3.05) is 6.61 Å². The number of esters is 1. The summed E-state index contributed by atoms with van der Waals surface area (Å²) in [6.07, 6.45) is 2.39. The molecule has 140 valence electrons. The molecule has 4 rings (SSSR count). The number of aromatic nitrogens is 2. The summed E-state index contributed by atoms with van der Waals surface area (Å²) >= 11 is 0. The Morgan fingerprint density at radius 2 is 1.89 bits per heavy atom. The third-order valence-electron chi connectivity index (χ3n) is 5.29. The molecule has 1 heterocycles. The molecule has 1 aliphatic rings. The first-order valence-corrected chi connectivity index (χ1v) is 9.14. The van der Waals surface area contributed by atoms with Crippen LogP contribution in [0.1, 0.15) is 30.7 Å². The van der Waals surface area contributed by atoms with E-state index in [0.717, 1.165) is 30.3 Å². The van der Waals surface area contributed by atoms with Gasteiger partial charge in [0.2, 0.25) is 0 Å². The minimum absolute atomic E-state index is 0.0358. The number of allylic oxidation sites excluding steroid dienone is 1. The molecule has 28 heavy (non-hydrogen) atoms. The standard InChI is InChI=1S/C22H19N3O3/c23-13-16(20-24-17-9-4-5-10-18(17)25-20)19(26)14-28-21(27)22(11-6-12-22)15-7-2-1-3-8-15/h1-5,7-10,26H,6,11-12,14H2,(H,24,25)/b19-16+. The van der Waals surface area contributed by atoms with E-state index in [0.29, 0.717) is 5.52 Å². The molecule has 0 spiro atoms. The van der Waals surface area contributed by atoms with Crippen molar-refractivity contribution in [3.63, 3.8) is 0 Å². The summed E-state index contributed by atoms with van der Waals surface area (Å²) in [7, 11) is 0. The summed E-state index contributed by atoms with van der Waals surface area (Å²) in [6, 6.07) is 18.8. The lowest BCUT2D eigenvalue weighted by molar-refractivity contribution is -0.154. The molecule has 6 heteroatoms. The molecule has 3 aromatic rings. The third kappa shape index (κ3) is 3.01. The molecule has 2 aromatic carbocycles. The fourth-order valence-electron chi connectivity index (χ4n) is 3.57.